The zero-order valence-electron chi connectivity index (χ0n) is 14.7. The van der Waals surface area contributed by atoms with Gasteiger partial charge in [-0.3, -0.25) is 9.78 Å². The van der Waals surface area contributed by atoms with Gasteiger partial charge in [0.25, 0.3) is 5.91 Å². The molecule has 0 aliphatic carbocycles. The Bertz CT molecular complexity index is 699. The van der Waals surface area contributed by atoms with E-state index < -0.39 is 0 Å². The summed E-state index contributed by atoms with van der Waals surface area (Å²) in [5, 5.41) is 6.19. The van der Waals surface area contributed by atoms with E-state index in [4.69, 9.17) is 4.74 Å². The number of aryl methyl sites for hydroxylation is 1. The predicted octanol–water partition coefficient (Wildman–Crippen LogP) is 3.92. The lowest BCUT2D eigenvalue weighted by Gasteiger charge is -2.13. The van der Waals surface area contributed by atoms with E-state index in [1.807, 2.05) is 25.1 Å². The number of nitrogens with zero attached hydrogens (tertiary/aromatic N) is 1. The molecule has 0 spiro atoms. The van der Waals surface area contributed by atoms with Crippen molar-refractivity contribution in [3.63, 3.8) is 0 Å². The van der Waals surface area contributed by atoms with Crippen LogP contribution in [0.2, 0.25) is 0 Å². The monoisotopic (exact) mass is 327 g/mol. The molecule has 5 nitrogen and oxygen atoms in total. The summed E-state index contributed by atoms with van der Waals surface area (Å²) < 4.78 is 5.36. The fourth-order valence-corrected chi connectivity index (χ4v) is 2.28. The van der Waals surface area contributed by atoms with E-state index in [-0.39, 0.29) is 5.91 Å². The van der Waals surface area contributed by atoms with E-state index in [0.29, 0.717) is 18.0 Å². The van der Waals surface area contributed by atoms with Gasteiger partial charge in [-0.25, -0.2) is 0 Å². The van der Waals surface area contributed by atoms with E-state index in [9.17, 15) is 4.79 Å². The summed E-state index contributed by atoms with van der Waals surface area (Å²) in [6.07, 6.45) is 4.22. The highest BCUT2D eigenvalue weighted by atomic mass is 16.5. The number of hydrogen-bond donors (Lipinski definition) is 2. The number of methoxy groups -OCH3 is 1. The van der Waals surface area contributed by atoms with Crippen molar-refractivity contribution in [1.82, 2.24) is 10.3 Å². The molecule has 5 heteroatoms. The molecule has 0 unspecified atom stereocenters. The molecular formula is C19H25N3O2. The Morgan fingerprint density at radius 2 is 2.04 bits per heavy atom. The minimum Gasteiger partial charge on any atom is -0.495 e. The summed E-state index contributed by atoms with van der Waals surface area (Å²) in [4.78, 5) is 16.4. The molecular weight excluding hydrogens is 302 g/mol. The minimum absolute atomic E-state index is 0.108. The summed E-state index contributed by atoms with van der Waals surface area (Å²) in [7, 11) is 1.63. The summed E-state index contributed by atoms with van der Waals surface area (Å²) in [5.41, 5.74) is 3.25. The fraction of sp³-hybridized carbons (Fsp3) is 0.368. The summed E-state index contributed by atoms with van der Waals surface area (Å²) >= 11 is 0. The second-order valence-corrected chi connectivity index (χ2v) is 6.23. The molecule has 1 heterocycles. The van der Waals surface area contributed by atoms with Crippen LogP contribution in [-0.4, -0.2) is 24.5 Å². The van der Waals surface area contributed by atoms with E-state index in [1.54, 1.807) is 25.6 Å². The van der Waals surface area contributed by atoms with Crippen LogP contribution in [-0.2, 0) is 0 Å². The molecule has 1 aromatic carbocycles. The predicted molar refractivity (Wildman–Crippen MR) is 97.0 cm³/mol. The number of rotatable bonds is 7. The van der Waals surface area contributed by atoms with Gasteiger partial charge in [-0.1, -0.05) is 19.9 Å². The van der Waals surface area contributed by atoms with Crippen molar-refractivity contribution in [1.29, 1.82) is 0 Å². The normalized spacial score (nSPS) is 10.5. The Balaban J connectivity index is 2.10. The van der Waals surface area contributed by atoms with Gasteiger partial charge >= 0.3 is 0 Å². The topological polar surface area (TPSA) is 63.2 Å². The van der Waals surface area contributed by atoms with E-state index in [1.165, 1.54) is 0 Å². The third-order valence-electron chi connectivity index (χ3n) is 3.64. The first kappa shape index (κ1) is 17.8. The smallest absolute Gasteiger partial charge is 0.252 e. The Morgan fingerprint density at radius 1 is 1.25 bits per heavy atom. The lowest BCUT2D eigenvalue weighted by molar-refractivity contribution is 0.0951. The summed E-state index contributed by atoms with van der Waals surface area (Å²) in [6, 6.07) is 7.68. The van der Waals surface area contributed by atoms with Crippen LogP contribution in [0, 0.1) is 12.8 Å². The third-order valence-corrected chi connectivity index (χ3v) is 3.64. The van der Waals surface area contributed by atoms with Gasteiger partial charge in [-0.15, -0.1) is 0 Å². The maximum atomic E-state index is 12.2. The largest absolute Gasteiger partial charge is 0.495 e. The van der Waals surface area contributed by atoms with Crippen molar-refractivity contribution < 1.29 is 9.53 Å². The van der Waals surface area contributed by atoms with Crippen LogP contribution in [0.3, 0.4) is 0 Å². The van der Waals surface area contributed by atoms with Gasteiger partial charge in [0.2, 0.25) is 0 Å². The van der Waals surface area contributed by atoms with Gasteiger partial charge in [0.1, 0.15) is 5.75 Å². The fourth-order valence-electron chi connectivity index (χ4n) is 2.28. The molecule has 1 aromatic heterocycles. The number of carbonyl (C=O) groups excluding carboxylic acids is 1. The molecule has 0 saturated heterocycles. The zero-order chi connectivity index (χ0) is 17.5. The maximum Gasteiger partial charge on any atom is 0.252 e. The molecule has 1 amide bonds. The standard InChI is InChI=1S/C19H25N3O2/c1-13(2)7-8-21-19(23)15-10-16(12-20-11-15)22-17-9-14(3)5-6-18(17)24-4/h5-6,9-13,22H,7-8H2,1-4H3,(H,21,23). The van der Waals surface area contributed by atoms with Crippen LogP contribution in [0.5, 0.6) is 5.75 Å². The highest BCUT2D eigenvalue weighted by Crippen LogP contribution is 2.28. The molecule has 0 aliphatic rings. The summed E-state index contributed by atoms with van der Waals surface area (Å²) in [6.45, 7) is 6.95. The Labute approximate surface area is 143 Å². The van der Waals surface area contributed by atoms with Gasteiger partial charge in [-0.05, 0) is 43.0 Å². The number of hydrogen-bond acceptors (Lipinski definition) is 4. The van der Waals surface area contributed by atoms with Crippen molar-refractivity contribution >= 4 is 17.3 Å². The molecule has 128 valence electrons. The number of pyridine rings is 1. The molecule has 24 heavy (non-hydrogen) atoms. The van der Waals surface area contributed by atoms with Gasteiger partial charge in [0.15, 0.2) is 0 Å². The van der Waals surface area contributed by atoms with E-state index >= 15 is 0 Å². The van der Waals surface area contributed by atoms with Crippen LogP contribution in [0.1, 0.15) is 36.2 Å². The Morgan fingerprint density at radius 3 is 2.75 bits per heavy atom. The molecule has 2 N–H and O–H groups in total. The Hall–Kier alpha value is -2.56. The number of carbonyl (C=O) groups is 1. The average Bonchev–Trinajstić information content (AvgIpc) is 2.55. The number of anilines is 2. The lowest BCUT2D eigenvalue weighted by atomic mass is 10.1. The quantitative estimate of drug-likeness (QED) is 0.809. The molecule has 2 rings (SSSR count). The van der Waals surface area contributed by atoms with Crippen molar-refractivity contribution in [3.05, 3.63) is 47.8 Å². The number of ether oxygens (including phenoxy) is 1. The number of benzene rings is 1. The van der Waals surface area contributed by atoms with Crippen LogP contribution < -0.4 is 15.4 Å². The molecule has 0 atom stereocenters. The van der Waals surface area contributed by atoms with Crippen molar-refractivity contribution in [2.24, 2.45) is 5.92 Å². The van der Waals surface area contributed by atoms with Crippen LogP contribution in [0.25, 0.3) is 0 Å². The highest BCUT2D eigenvalue weighted by Gasteiger charge is 2.09. The van der Waals surface area contributed by atoms with Crippen LogP contribution >= 0.6 is 0 Å². The van der Waals surface area contributed by atoms with Crippen LogP contribution in [0.15, 0.2) is 36.7 Å². The first-order valence-corrected chi connectivity index (χ1v) is 8.14. The second-order valence-electron chi connectivity index (χ2n) is 6.23. The number of nitrogens with one attached hydrogen (secondary N) is 2. The van der Waals surface area contributed by atoms with E-state index in [2.05, 4.69) is 29.5 Å². The van der Waals surface area contributed by atoms with Crippen molar-refractivity contribution in [2.75, 3.05) is 19.0 Å². The zero-order valence-corrected chi connectivity index (χ0v) is 14.7. The molecule has 0 radical (unpaired) electrons. The first-order chi connectivity index (χ1) is 11.5. The molecule has 0 saturated carbocycles. The minimum atomic E-state index is -0.108. The third kappa shape index (κ3) is 4.98. The number of aromatic nitrogens is 1. The summed E-state index contributed by atoms with van der Waals surface area (Å²) in [5.74, 6) is 1.20. The molecule has 2 aromatic rings. The van der Waals surface area contributed by atoms with Crippen LogP contribution in [0.4, 0.5) is 11.4 Å². The van der Waals surface area contributed by atoms with Gasteiger partial charge in [0.05, 0.1) is 30.2 Å². The SMILES string of the molecule is COc1ccc(C)cc1Nc1cncc(C(=O)NCCC(C)C)c1. The molecule has 0 bridgehead atoms. The van der Waals surface area contributed by atoms with Crippen molar-refractivity contribution in [2.45, 2.75) is 27.2 Å². The average molecular weight is 327 g/mol. The second kappa shape index (κ2) is 8.34. The van der Waals surface area contributed by atoms with Gasteiger partial charge in [0, 0.05) is 12.7 Å². The van der Waals surface area contributed by atoms with Crippen molar-refractivity contribution in [3.8, 4) is 5.75 Å². The Kier molecular flexibility index (Phi) is 6.18. The molecule has 0 aliphatic heterocycles. The molecule has 0 fully saturated rings. The van der Waals surface area contributed by atoms with Gasteiger partial charge < -0.3 is 15.4 Å². The maximum absolute atomic E-state index is 12.2. The number of amides is 1. The first-order valence-electron chi connectivity index (χ1n) is 8.14. The lowest BCUT2D eigenvalue weighted by Crippen LogP contribution is -2.25. The van der Waals surface area contributed by atoms with E-state index in [0.717, 1.165) is 29.1 Å². The highest BCUT2D eigenvalue weighted by molar-refractivity contribution is 5.94. The van der Waals surface area contributed by atoms with Gasteiger partial charge in [-0.2, -0.15) is 0 Å².